The molecule has 1 saturated heterocycles. The van der Waals surface area contributed by atoms with Crippen molar-refractivity contribution in [1.82, 2.24) is 20.1 Å². The summed E-state index contributed by atoms with van der Waals surface area (Å²) in [5, 5.41) is 3.81. The van der Waals surface area contributed by atoms with Gasteiger partial charge in [0.15, 0.2) is 0 Å². The smallest absolute Gasteiger partial charge is 0.251 e. The fraction of sp³-hybridized carbons (Fsp3) is 0.318. The molecule has 2 aromatic carbocycles. The Balaban J connectivity index is 1.23. The van der Waals surface area contributed by atoms with Crippen molar-refractivity contribution in [2.75, 3.05) is 39.8 Å². The van der Waals surface area contributed by atoms with E-state index >= 15 is 0 Å². The number of nitrogens with zero attached hydrogens (tertiary/aromatic N) is 3. The predicted octanol–water partition coefficient (Wildman–Crippen LogP) is 2.38. The summed E-state index contributed by atoms with van der Waals surface area (Å²) >= 11 is 1.72. The van der Waals surface area contributed by atoms with Crippen LogP contribution < -0.4 is 10.1 Å². The average Bonchev–Trinajstić information content (AvgIpc) is 3.20. The number of fused-ring (bicyclic) bond motifs is 1. The molecule has 1 fully saturated rings. The van der Waals surface area contributed by atoms with E-state index in [4.69, 9.17) is 9.72 Å². The van der Waals surface area contributed by atoms with E-state index in [1.165, 1.54) is 4.70 Å². The number of piperazine rings is 1. The van der Waals surface area contributed by atoms with Crippen LogP contribution in [0.3, 0.4) is 0 Å². The maximum Gasteiger partial charge on any atom is 0.251 e. The van der Waals surface area contributed by atoms with E-state index in [-0.39, 0.29) is 18.4 Å². The molecule has 0 radical (unpaired) electrons. The van der Waals surface area contributed by atoms with Crippen LogP contribution in [-0.4, -0.2) is 66.4 Å². The number of methoxy groups -OCH3 is 1. The first kappa shape index (κ1) is 20.3. The number of hydrogen-bond acceptors (Lipinski definition) is 6. The number of carbonyl (C=O) groups excluding carboxylic acids is 2. The van der Waals surface area contributed by atoms with Crippen LogP contribution in [0.2, 0.25) is 0 Å². The van der Waals surface area contributed by atoms with Crippen molar-refractivity contribution in [3.05, 3.63) is 59.1 Å². The summed E-state index contributed by atoms with van der Waals surface area (Å²) in [6, 6.07) is 15.0. The summed E-state index contributed by atoms with van der Waals surface area (Å²) in [4.78, 5) is 33.5. The number of ether oxygens (including phenoxy) is 1. The number of para-hydroxylation sites is 1. The lowest BCUT2D eigenvalue weighted by molar-refractivity contribution is -0.131. The van der Waals surface area contributed by atoms with Gasteiger partial charge < -0.3 is 15.0 Å². The van der Waals surface area contributed by atoms with Gasteiger partial charge in [-0.15, -0.1) is 11.3 Å². The molecule has 0 spiro atoms. The molecular formula is C22H24N4O3S. The number of thiazole rings is 1. The highest BCUT2D eigenvalue weighted by Gasteiger charge is 2.22. The normalized spacial score (nSPS) is 14.6. The Hall–Kier alpha value is -2.97. The summed E-state index contributed by atoms with van der Waals surface area (Å²) in [5.41, 5.74) is 1.54. The molecule has 0 bridgehead atoms. The molecule has 0 aliphatic carbocycles. The van der Waals surface area contributed by atoms with Gasteiger partial charge >= 0.3 is 0 Å². The van der Waals surface area contributed by atoms with Crippen LogP contribution in [0.15, 0.2) is 48.5 Å². The molecular weight excluding hydrogens is 400 g/mol. The molecule has 0 saturated carbocycles. The summed E-state index contributed by atoms with van der Waals surface area (Å²) in [6.07, 6.45) is 0. The number of hydrogen-bond donors (Lipinski definition) is 1. The van der Waals surface area contributed by atoms with Crippen LogP contribution in [0.25, 0.3) is 10.2 Å². The summed E-state index contributed by atoms with van der Waals surface area (Å²) in [7, 11) is 1.58. The molecule has 1 N–H and O–H groups in total. The van der Waals surface area contributed by atoms with Gasteiger partial charge in [-0.05, 0) is 36.4 Å². The van der Waals surface area contributed by atoms with E-state index in [2.05, 4.69) is 16.3 Å². The second-order valence-corrected chi connectivity index (χ2v) is 8.26. The first-order valence-corrected chi connectivity index (χ1v) is 10.7. The van der Waals surface area contributed by atoms with Crippen LogP contribution in [0, 0.1) is 0 Å². The number of aromatic nitrogens is 1. The Morgan fingerprint density at radius 3 is 2.50 bits per heavy atom. The van der Waals surface area contributed by atoms with Gasteiger partial charge in [0, 0.05) is 31.7 Å². The SMILES string of the molecule is COc1ccc(C(=O)NCC(=O)N2CCN(Cc3nc4ccccc4s3)CC2)cc1. The van der Waals surface area contributed by atoms with Crippen molar-refractivity contribution in [2.24, 2.45) is 0 Å². The van der Waals surface area contributed by atoms with Crippen molar-refractivity contribution < 1.29 is 14.3 Å². The van der Waals surface area contributed by atoms with Crippen LogP contribution in [0.1, 0.15) is 15.4 Å². The molecule has 3 aromatic rings. The third-order valence-corrected chi connectivity index (χ3v) is 6.20. The lowest BCUT2D eigenvalue weighted by atomic mass is 10.2. The van der Waals surface area contributed by atoms with Crippen LogP contribution in [0.4, 0.5) is 0 Å². The molecule has 4 rings (SSSR count). The maximum absolute atomic E-state index is 12.5. The van der Waals surface area contributed by atoms with Gasteiger partial charge in [-0.3, -0.25) is 14.5 Å². The number of amides is 2. The minimum absolute atomic E-state index is 0.00271. The van der Waals surface area contributed by atoms with Crippen molar-refractivity contribution in [2.45, 2.75) is 6.54 Å². The summed E-state index contributed by atoms with van der Waals surface area (Å²) in [6.45, 7) is 3.71. The van der Waals surface area contributed by atoms with E-state index in [0.717, 1.165) is 30.2 Å². The second kappa shape index (κ2) is 9.23. The second-order valence-electron chi connectivity index (χ2n) is 7.14. The van der Waals surface area contributed by atoms with Gasteiger partial charge in [0.25, 0.3) is 5.91 Å². The molecule has 30 heavy (non-hydrogen) atoms. The summed E-state index contributed by atoms with van der Waals surface area (Å²) < 4.78 is 6.29. The molecule has 156 valence electrons. The molecule has 8 heteroatoms. The Morgan fingerprint density at radius 2 is 1.80 bits per heavy atom. The van der Waals surface area contributed by atoms with Gasteiger partial charge in [-0.2, -0.15) is 0 Å². The maximum atomic E-state index is 12.5. The number of rotatable bonds is 6. The van der Waals surface area contributed by atoms with Gasteiger partial charge in [0.1, 0.15) is 10.8 Å². The van der Waals surface area contributed by atoms with Gasteiger partial charge in [0.05, 0.1) is 30.4 Å². The molecule has 1 aromatic heterocycles. The molecule has 2 heterocycles. The van der Waals surface area contributed by atoms with Crippen LogP contribution >= 0.6 is 11.3 Å². The molecule has 1 aliphatic rings. The highest BCUT2D eigenvalue weighted by Crippen LogP contribution is 2.23. The molecule has 1 aliphatic heterocycles. The Labute approximate surface area is 179 Å². The third-order valence-electron chi connectivity index (χ3n) is 5.17. The third kappa shape index (κ3) is 4.77. The lowest BCUT2D eigenvalue weighted by Crippen LogP contribution is -2.50. The molecule has 2 amide bonds. The zero-order chi connectivity index (χ0) is 20.9. The summed E-state index contributed by atoms with van der Waals surface area (Å²) in [5.74, 6) is 0.364. The van der Waals surface area contributed by atoms with Gasteiger partial charge in [-0.1, -0.05) is 12.1 Å². The monoisotopic (exact) mass is 424 g/mol. The lowest BCUT2D eigenvalue weighted by Gasteiger charge is -2.34. The Bertz CT molecular complexity index is 993. The highest BCUT2D eigenvalue weighted by atomic mass is 32.1. The zero-order valence-electron chi connectivity index (χ0n) is 16.8. The average molecular weight is 425 g/mol. The number of benzene rings is 2. The fourth-order valence-electron chi connectivity index (χ4n) is 3.45. The first-order chi connectivity index (χ1) is 14.6. The molecule has 0 atom stereocenters. The van der Waals surface area contributed by atoms with E-state index in [1.807, 2.05) is 23.1 Å². The predicted molar refractivity (Wildman–Crippen MR) is 117 cm³/mol. The largest absolute Gasteiger partial charge is 0.497 e. The Morgan fingerprint density at radius 1 is 1.07 bits per heavy atom. The topological polar surface area (TPSA) is 74.8 Å². The fourth-order valence-corrected chi connectivity index (χ4v) is 4.46. The van der Waals surface area contributed by atoms with Crippen molar-refractivity contribution in [3.8, 4) is 5.75 Å². The standard InChI is InChI=1S/C22H24N4O3S/c1-29-17-8-6-16(7-9-17)22(28)23-14-21(27)26-12-10-25(11-13-26)15-20-24-18-4-2-3-5-19(18)30-20/h2-9H,10-15H2,1H3,(H,23,28). The number of nitrogens with one attached hydrogen (secondary N) is 1. The first-order valence-electron chi connectivity index (χ1n) is 9.89. The minimum atomic E-state index is -0.263. The van der Waals surface area contributed by atoms with Gasteiger partial charge in [-0.25, -0.2) is 4.98 Å². The molecule has 7 nitrogen and oxygen atoms in total. The van der Waals surface area contributed by atoms with Crippen LogP contribution in [-0.2, 0) is 11.3 Å². The van der Waals surface area contributed by atoms with Crippen LogP contribution in [0.5, 0.6) is 5.75 Å². The quantitative estimate of drug-likeness (QED) is 0.658. The van der Waals surface area contributed by atoms with Crippen molar-refractivity contribution >= 4 is 33.4 Å². The van der Waals surface area contributed by atoms with E-state index < -0.39 is 0 Å². The highest BCUT2D eigenvalue weighted by molar-refractivity contribution is 7.18. The van der Waals surface area contributed by atoms with E-state index in [9.17, 15) is 9.59 Å². The minimum Gasteiger partial charge on any atom is -0.497 e. The van der Waals surface area contributed by atoms with E-state index in [1.54, 1.807) is 42.7 Å². The number of carbonyl (C=O) groups is 2. The Kier molecular flexibility index (Phi) is 6.25. The van der Waals surface area contributed by atoms with Crippen molar-refractivity contribution in [3.63, 3.8) is 0 Å². The van der Waals surface area contributed by atoms with E-state index in [0.29, 0.717) is 24.4 Å². The molecule has 0 unspecified atom stereocenters. The zero-order valence-corrected chi connectivity index (χ0v) is 17.7. The van der Waals surface area contributed by atoms with Crippen molar-refractivity contribution in [1.29, 1.82) is 0 Å². The van der Waals surface area contributed by atoms with Gasteiger partial charge in [0.2, 0.25) is 5.91 Å².